The molecule has 0 radical (unpaired) electrons. The van der Waals surface area contributed by atoms with Gasteiger partial charge < -0.3 is 14.8 Å². The molecule has 2 atom stereocenters. The summed E-state index contributed by atoms with van der Waals surface area (Å²) in [5.41, 5.74) is 1.82. The topological polar surface area (TPSA) is 56.3 Å². The largest absolute Gasteiger partial charge is 0.379 e. The Hall–Kier alpha value is -2.12. The molecule has 3 fully saturated rings. The molecule has 0 bridgehead atoms. The average molecular weight is 427 g/mol. The van der Waals surface area contributed by atoms with Gasteiger partial charge in [0.05, 0.1) is 30.0 Å². The van der Waals surface area contributed by atoms with Crippen LogP contribution in [0.25, 0.3) is 11.3 Å². The van der Waals surface area contributed by atoms with Crippen LogP contribution >= 0.6 is 0 Å². The second-order valence-electron chi connectivity index (χ2n) is 9.62. The van der Waals surface area contributed by atoms with Crippen LogP contribution in [0.2, 0.25) is 0 Å². The zero-order valence-electron chi connectivity index (χ0n) is 17.7. The molecule has 5 nitrogen and oxygen atoms in total. The Balaban J connectivity index is 1.39. The van der Waals surface area contributed by atoms with Crippen molar-refractivity contribution in [2.24, 2.45) is 0 Å². The van der Waals surface area contributed by atoms with Gasteiger partial charge in [-0.3, -0.25) is 0 Å². The van der Waals surface area contributed by atoms with Gasteiger partial charge in [-0.05, 0) is 68.2 Å². The van der Waals surface area contributed by atoms with Gasteiger partial charge in [0.25, 0.3) is 0 Å². The van der Waals surface area contributed by atoms with Crippen molar-refractivity contribution in [1.29, 1.82) is 0 Å². The number of nitrogens with zero attached hydrogens (tertiary/aromatic N) is 2. The number of hydrogen-bond donors (Lipinski definition) is 1. The maximum atomic E-state index is 15.1. The Morgan fingerprint density at radius 2 is 1.97 bits per heavy atom. The molecule has 7 heteroatoms. The van der Waals surface area contributed by atoms with Gasteiger partial charge in [0.2, 0.25) is 0 Å². The molecular weight excluding hydrogens is 400 g/mol. The number of alkyl halides is 1. The van der Waals surface area contributed by atoms with Gasteiger partial charge in [0.15, 0.2) is 5.82 Å². The number of anilines is 1. The maximum Gasteiger partial charge on any atom is 0.154 e. The molecule has 1 aliphatic heterocycles. The number of methoxy groups -OCH3 is 1. The highest BCUT2D eigenvalue weighted by molar-refractivity contribution is 5.69. The van der Waals surface area contributed by atoms with Crippen LogP contribution < -0.4 is 5.32 Å². The van der Waals surface area contributed by atoms with Crippen LogP contribution in [0.4, 0.5) is 14.6 Å². The number of benzene rings is 1. The zero-order chi connectivity index (χ0) is 21.2. The van der Waals surface area contributed by atoms with Crippen LogP contribution in [0.1, 0.15) is 61.6 Å². The van der Waals surface area contributed by atoms with E-state index >= 15 is 4.39 Å². The normalized spacial score (nSPS) is 27.2. The molecule has 31 heavy (non-hydrogen) atoms. The van der Waals surface area contributed by atoms with Crippen molar-refractivity contribution >= 4 is 5.82 Å². The van der Waals surface area contributed by atoms with Crippen LogP contribution in [0.5, 0.6) is 0 Å². The number of ether oxygens (including phenoxy) is 2. The number of halogens is 2. The summed E-state index contributed by atoms with van der Waals surface area (Å²) < 4.78 is 41.3. The third kappa shape index (κ3) is 3.33. The zero-order valence-corrected chi connectivity index (χ0v) is 17.7. The molecule has 1 aromatic carbocycles. The maximum absolute atomic E-state index is 15.1. The Morgan fingerprint density at radius 3 is 2.68 bits per heavy atom. The Bertz CT molecular complexity index is 1040. The first-order valence-corrected chi connectivity index (χ1v) is 11.3. The van der Waals surface area contributed by atoms with Crippen LogP contribution in [-0.4, -0.2) is 35.1 Å². The van der Waals surface area contributed by atoms with E-state index < -0.39 is 11.5 Å². The summed E-state index contributed by atoms with van der Waals surface area (Å²) in [6.07, 6.45) is 6.95. The van der Waals surface area contributed by atoms with E-state index in [1.54, 1.807) is 19.2 Å². The molecule has 4 aliphatic rings. The highest BCUT2D eigenvalue weighted by Gasteiger charge is 2.48. The van der Waals surface area contributed by atoms with Gasteiger partial charge in [-0.15, -0.1) is 10.2 Å². The lowest BCUT2D eigenvalue weighted by Crippen LogP contribution is -2.32. The molecule has 164 valence electrons. The summed E-state index contributed by atoms with van der Waals surface area (Å²) in [6.45, 7) is 0.442. The van der Waals surface area contributed by atoms with Crippen molar-refractivity contribution < 1.29 is 18.3 Å². The monoisotopic (exact) mass is 427 g/mol. The SMILES string of the molecule is CO[C@@H]1CCCC1Nc1nnc(-c2ccc(C3(F)CC3)cc2F)c2c1COC1(CC1)C2. The lowest BCUT2D eigenvalue weighted by atomic mass is 9.92. The van der Waals surface area contributed by atoms with Crippen molar-refractivity contribution in [1.82, 2.24) is 10.2 Å². The summed E-state index contributed by atoms with van der Waals surface area (Å²) in [7, 11) is 1.74. The molecule has 3 aliphatic carbocycles. The number of nitrogens with one attached hydrogen (secondary N) is 1. The fourth-order valence-corrected chi connectivity index (χ4v) is 5.18. The highest BCUT2D eigenvalue weighted by atomic mass is 19.1. The van der Waals surface area contributed by atoms with Gasteiger partial charge in [-0.25, -0.2) is 8.78 Å². The molecule has 1 spiro atoms. The van der Waals surface area contributed by atoms with E-state index in [0.29, 0.717) is 48.5 Å². The van der Waals surface area contributed by atoms with Gasteiger partial charge in [0, 0.05) is 24.7 Å². The number of fused-ring (bicyclic) bond motifs is 1. The lowest BCUT2D eigenvalue weighted by molar-refractivity contribution is 0.00826. The predicted octanol–water partition coefficient (Wildman–Crippen LogP) is 4.83. The molecule has 6 rings (SSSR count). The number of rotatable bonds is 5. The molecular formula is C24H27F2N3O2. The Labute approximate surface area is 180 Å². The van der Waals surface area contributed by atoms with Crippen molar-refractivity contribution in [3.05, 3.63) is 40.7 Å². The molecule has 0 amide bonds. The van der Waals surface area contributed by atoms with Crippen molar-refractivity contribution in [2.45, 2.75) is 81.4 Å². The minimum atomic E-state index is -1.36. The second kappa shape index (κ2) is 6.94. The van der Waals surface area contributed by atoms with Crippen molar-refractivity contribution in [2.75, 3.05) is 12.4 Å². The van der Waals surface area contributed by atoms with Gasteiger partial charge in [0.1, 0.15) is 11.5 Å². The van der Waals surface area contributed by atoms with E-state index in [1.165, 1.54) is 6.07 Å². The molecule has 2 heterocycles. The minimum Gasteiger partial charge on any atom is -0.379 e. The van der Waals surface area contributed by atoms with Crippen LogP contribution in [0.15, 0.2) is 18.2 Å². The third-order valence-electron chi connectivity index (χ3n) is 7.52. The molecule has 0 saturated heterocycles. The van der Waals surface area contributed by atoms with Gasteiger partial charge in [-0.2, -0.15) is 0 Å². The van der Waals surface area contributed by atoms with E-state index in [9.17, 15) is 4.39 Å². The van der Waals surface area contributed by atoms with E-state index in [-0.39, 0.29) is 17.7 Å². The lowest BCUT2D eigenvalue weighted by Gasteiger charge is -2.29. The van der Waals surface area contributed by atoms with Crippen molar-refractivity contribution in [3.63, 3.8) is 0 Å². The van der Waals surface area contributed by atoms with E-state index in [4.69, 9.17) is 9.47 Å². The van der Waals surface area contributed by atoms with Crippen LogP contribution in [0, 0.1) is 5.82 Å². The summed E-state index contributed by atoms with van der Waals surface area (Å²) in [4.78, 5) is 0. The molecule has 1 unspecified atom stereocenters. The standard InChI is InChI=1S/C24H27F2N3O2/c1-30-20-4-2-3-19(20)27-22-17-13-31-23(7-8-23)12-16(17)21(28-29-22)15-6-5-14(11-18(15)25)24(26)9-10-24/h5-6,11,19-20H,2-4,7-10,12-13H2,1H3,(H,27,29)/t19?,20-/m1/s1. The molecule has 3 saturated carbocycles. The van der Waals surface area contributed by atoms with Crippen LogP contribution in [0.3, 0.4) is 0 Å². The quantitative estimate of drug-likeness (QED) is 0.741. The third-order valence-corrected chi connectivity index (χ3v) is 7.52. The fraction of sp³-hybridized carbons (Fsp3) is 0.583. The predicted molar refractivity (Wildman–Crippen MR) is 112 cm³/mol. The van der Waals surface area contributed by atoms with E-state index in [0.717, 1.165) is 43.2 Å². The fourth-order valence-electron chi connectivity index (χ4n) is 5.18. The van der Waals surface area contributed by atoms with Crippen molar-refractivity contribution in [3.8, 4) is 11.3 Å². The first-order chi connectivity index (χ1) is 15.0. The first kappa shape index (κ1) is 19.6. The van der Waals surface area contributed by atoms with Gasteiger partial charge in [-0.1, -0.05) is 6.07 Å². The Morgan fingerprint density at radius 1 is 1.13 bits per heavy atom. The number of aromatic nitrogens is 2. The Kier molecular flexibility index (Phi) is 4.38. The molecule has 1 aromatic heterocycles. The van der Waals surface area contributed by atoms with E-state index in [1.807, 2.05) is 0 Å². The summed E-state index contributed by atoms with van der Waals surface area (Å²) >= 11 is 0. The van der Waals surface area contributed by atoms with Crippen LogP contribution in [-0.2, 0) is 28.2 Å². The summed E-state index contributed by atoms with van der Waals surface area (Å²) in [5.74, 6) is 0.270. The second-order valence-corrected chi connectivity index (χ2v) is 9.62. The smallest absolute Gasteiger partial charge is 0.154 e. The highest BCUT2D eigenvalue weighted by Crippen LogP contribution is 2.51. The average Bonchev–Trinajstić information content (AvgIpc) is 3.66. The van der Waals surface area contributed by atoms with E-state index in [2.05, 4.69) is 15.5 Å². The van der Waals surface area contributed by atoms with Gasteiger partial charge >= 0.3 is 0 Å². The molecule has 1 N–H and O–H groups in total. The summed E-state index contributed by atoms with van der Waals surface area (Å²) in [6, 6.07) is 4.87. The first-order valence-electron chi connectivity index (χ1n) is 11.3. The summed E-state index contributed by atoms with van der Waals surface area (Å²) in [5, 5.41) is 12.5. The minimum absolute atomic E-state index is 0.141. The molecule has 2 aromatic rings. The number of hydrogen-bond acceptors (Lipinski definition) is 5.